The van der Waals surface area contributed by atoms with Crippen molar-refractivity contribution in [3.05, 3.63) is 0 Å². The quantitative estimate of drug-likeness (QED) is 0.590. The summed E-state index contributed by atoms with van der Waals surface area (Å²) in [7, 11) is 0. The minimum atomic E-state index is -0.0868. The van der Waals surface area contributed by atoms with Crippen molar-refractivity contribution in [1.82, 2.24) is 10.6 Å². The Morgan fingerprint density at radius 2 is 1.59 bits per heavy atom. The van der Waals surface area contributed by atoms with Crippen molar-refractivity contribution in [2.45, 2.75) is 46.1 Å². The summed E-state index contributed by atoms with van der Waals surface area (Å²) in [6.07, 6.45) is 2.32. The van der Waals surface area contributed by atoms with Crippen molar-refractivity contribution in [2.75, 3.05) is 19.7 Å². The van der Waals surface area contributed by atoms with Crippen LogP contribution in [-0.2, 0) is 14.3 Å². The summed E-state index contributed by atoms with van der Waals surface area (Å²) in [6, 6.07) is 0. The molecule has 0 atom stereocenters. The predicted molar refractivity (Wildman–Crippen MR) is 66.6 cm³/mol. The fourth-order valence-corrected chi connectivity index (χ4v) is 1.12. The van der Waals surface area contributed by atoms with Gasteiger partial charge in [0, 0.05) is 19.5 Å². The molecule has 0 aromatic rings. The van der Waals surface area contributed by atoms with E-state index in [0.717, 1.165) is 12.8 Å². The van der Waals surface area contributed by atoms with Gasteiger partial charge in [-0.2, -0.15) is 0 Å². The molecule has 0 saturated carbocycles. The van der Waals surface area contributed by atoms with Gasteiger partial charge in [0.25, 0.3) is 0 Å². The van der Waals surface area contributed by atoms with Gasteiger partial charge in [-0.15, -0.1) is 0 Å². The van der Waals surface area contributed by atoms with Crippen LogP contribution in [0.15, 0.2) is 0 Å². The minimum Gasteiger partial charge on any atom is -0.369 e. The van der Waals surface area contributed by atoms with E-state index in [9.17, 15) is 9.59 Å². The number of nitrogens with one attached hydrogen (secondary N) is 2. The van der Waals surface area contributed by atoms with Crippen LogP contribution in [0.5, 0.6) is 0 Å². The number of rotatable bonds is 9. The Labute approximate surface area is 103 Å². The molecule has 0 radical (unpaired) electrons. The van der Waals surface area contributed by atoms with Gasteiger partial charge >= 0.3 is 0 Å². The first-order valence-electron chi connectivity index (χ1n) is 6.21. The molecular formula is C12H24N2O3. The Kier molecular flexibility index (Phi) is 9.43. The third kappa shape index (κ3) is 11.2. The molecule has 0 aromatic carbocycles. The Morgan fingerprint density at radius 1 is 1.06 bits per heavy atom. The Balaban J connectivity index is 3.27. The molecule has 0 saturated heterocycles. The van der Waals surface area contributed by atoms with E-state index in [0.29, 0.717) is 19.5 Å². The maximum Gasteiger partial charge on any atom is 0.246 e. The molecule has 0 bridgehead atoms. The molecular weight excluding hydrogens is 220 g/mol. The summed E-state index contributed by atoms with van der Waals surface area (Å²) in [5, 5.41) is 5.55. The third-order valence-electron chi connectivity index (χ3n) is 2.12. The van der Waals surface area contributed by atoms with E-state index in [1.54, 1.807) is 0 Å². The fraction of sp³-hybridized carbons (Fsp3) is 0.833. The van der Waals surface area contributed by atoms with Crippen LogP contribution >= 0.6 is 0 Å². The van der Waals surface area contributed by atoms with Crippen molar-refractivity contribution in [3.8, 4) is 0 Å². The molecule has 0 aliphatic heterocycles. The molecule has 2 amide bonds. The van der Waals surface area contributed by atoms with Gasteiger partial charge in [-0.05, 0) is 26.7 Å². The lowest BCUT2D eigenvalue weighted by atomic mass is 10.3. The lowest BCUT2D eigenvalue weighted by Crippen LogP contribution is -2.30. The van der Waals surface area contributed by atoms with Crippen LogP contribution in [0.1, 0.15) is 40.0 Å². The second-order valence-electron chi connectivity index (χ2n) is 4.12. The van der Waals surface area contributed by atoms with E-state index in [1.165, 1.54) is 0 Å². The molecule has 0 rings (SSSR count). The summed E-state index contributed by atoms with van der Waals surface area (Å²) in [5.74, 6) is -0.0179. The normalized spacial score (nSPS) is 10.4. The van der Waals surface area contributed by atoms with Crippen LogP contribution in [0.4, 0.5) is 0 Å². The van der Waals surface area contributed by atoms with Crippen LogP contribution in [-0.4, -0.2) is 37.6 Å². The highest BCUT2D eigenvalue weighted by molar-refractivity contribution is 5.77. The summed E-state index contributed by atoms with van der Waals surface area (Å²) >= 11 is 0. The summed E-state index contributed by atoms with van der Waals surface area (Å²) in [6.45, 7) is 7.02. The molecule has 17 heavy (non-hydrogen) atoms. The van der Waals surface area contributed by atoms with Gasteiger partial charge in [-0.3, -0.25) is 9.59 Å². The van der Waals surface area contributed by atoms with Crippen LogP contribution in [0.2, 0.25) is 0 Å². The molecule has 0 fully saturated rings. The second kappa shape index (κ2) is 10.1. The molecule has 0 aliphatic rings. The highest BCUT2D eigenvalue weighted by Crippen LogP contribution is 1.88. The number of hydrogen-bond donors (Lipinski definition) is 2. The third-order valence-corrected chi connectivity index (χ3v) is 2.12. The Bertz CT molecular complexity index is 230. The number of hydrogen-bond acceptors (Lipinski definition) is 3. The van der Waals surface area contributed by atoms with E-state index in [1.807, 2.05) is 20.8 Å². The van der Waals surface area contributed by atoms with Crippen LogP contribution < -0.4 is 10.6 Å². The van der Waals surface area contributed by atoms with Crippen LogP contribution in [0, 0.1) is 0 Å². The number of carbonyl (C=O) groups excluding carboxylic acids is 2. The summed E-state index contributed by atoms with van der Waals surface area (Å²) in [4.78, 5) is 22.1. The fourth-order valence-electron chi connectivity index (χ4n) is 1.12. The first kappa shape index (κ1) is 15.9. The summed E-state index contributed by atoms with van der Waals surface area (Å²) in [5.41, 5.74) is 0. The standard InChI is InChI=1S/C12H24N2O3/c1-4-11(15)13-7-5-6-8-14-12(16)9-17-10(2)3/h10H,4-9H2,1-3H3,(H,13,15)(H,14,16). The number of amides is 2. The SMILES string of the molecule is CCC(=O)NCCCCNC(=O)COC(C)C. The monoisotopic (exact) mass is 244 g/mol. The van der Waals surface area contributed by atoms with E-state index in [-0.39, 0.29) is 24.5 Å². The maximum absolute atomic E-state index is 11.2. The van der Waals surface area contributed by atoms with E-state index in [4.69, 9.17) is 4.74 Å². The average molecular weight is 244 g/mol. The van der Waals surface area contributed by atoms with Crippen LogP contribution in [0.25, 0.3) is 0 Å². The average Bonchev–Trinajstić information content (AvgIpc) is 2.30. The van der Waals surface area contributed by atoms with Gasteiger partial charge in [-0.25, -0.2) is 0 Å². The molecule has 0 unspecified atom stereocenters. The second-order valence-corrected chi connectivity index (χ2v) is 4.12. The lowest BCUT2D eigenvalue weighted by molar-refractivity contribution is -0.127. The smallest absolute Gasteiger partial charge is 0.246 e. The van der Waals surface area contributed by atoms with E-state index in [2.05, 4.69) is 10.6 Å². The number of ether oxygens (including phenoxy) is 1. The zero-order valence-corrected chi connectivity index (χ0v) is 11.0. The van der Waals surface area contributed by atoms with Crippen molar-refractivity contribution >= 4 is 11.8 Å². The molecule has 2 N–H and O–H groups in total. The Morgan fingerprint density at radius 3 is 2.06 bits per heavy atom. The van der Waals surface area contributed by atoms with Gasteiger partial charge in [0.1, 0.15) is 6.61 Å². The van der Waals surface area contributed by atoms with Crippen molar-refractivity contribution in [3.63, 3.8) is 0 Å². The minimum absolute atomic E-state index is 0.0689. The highest BCUT2D eigenvalue weighted by Gasteiger charge is 2.02. The number of unbranched alkanes of at least 4 members (excludes halogenated alkanes) is 1. The topological polar surface area (TPSA) is 67.4 Å². The van der Waals surface area contributed by atoms with Crippen molar-refractivity contribution in [2.24, 2.45) is 0 Å². The molecule has 0 heterocycles. The summed E-state index contributed by atoms with van der Waals surface area (Å²) < 4.78 is 5.16. The van der Waals surface area contributed by atoms with Gasteiger partial charge in [-0.1, -0.05) is 6.92 Å². The van der Waals surface area contributed by atoms with E-state index < -0.39 is 0 Å². The molecule has 100 valence electrons. The first-order valence-corrected chi connectivity index (χ1v) is 6.21. The zero-order chi connectivity index (χ0) is 13.1. The van der Waals surface area contributed by atoms with Gasteiger partial charge < -0.3 is 15.4 Å². The maximum atomic E-state index is 11.2. The van der Waals surface area contributed by atoms with E-state index >= 15 is 0 Å². The highest BCUT2D eigenvalue weighted by atomic mass is 16.5. The predicted octanol–water partition coefficient (Wildman–Crippen LogP) is 0.834. The lowest BCUT2D eigenvalue weighted by Gasteiger charge is -2.08. The molecule has 0 aromatic heterocycles. The molecule has 0 aliphatic carbocycles. The first-order chi connectivity index (χ1) is 8.06. The van der Waals surface area contributed by atoms with Gasteiger partial charge in [0.2, 0.25) is 11.8 Å². The van der Waals surface area contributed by atoms with Gasteiger partial charge in [0.15, 0.2) is 0 Å². The largest absolute Gasteiger partial charge is 0.369 e. The molecule has 0 spiro atoms. The van der Waals surface area contributed by atoms with Gasteiger partial charge in [0.05, 0.1) is 6.10 Å². The Hall–Kier alpha value is -1.10. The van der Waals surface area contributed by atoms with Crippen molar-refractivity contribution in [1.29, 1.82) is 0 Å². The molecule has 5 heteroatoms. The number of carbonyl (C=O) groups is 2. The van der Waals surface area contributed by atoms with Crippen LogP contribution in [0.3, 0.4) is 0 Å². The van der Waals surface area contributed by atoms with Crippen molar-refractivity contribution < 1.29 is 14.3 Å². The zero-order valence-electron chi connectivity index (χ0n) is 11.0. The molecule has 5 nitrogen and oxygen atoms in total.